The van der Waals surface area contributed by atoms with Gasteiger partial charge >= 0.3 is 0 Å². The molecule has 0 aliphatic carbocycles. The third-order valence-electron chi connectivity index (χ3n) is 3.62. The van der Waals surface area contributed by atoms with E-state index in [1.807, 2.05) is 0 Å². The Morgan fingerprint density at radius 2 is 1.33 bits per heavy atom. The van der Waals surface area contributed by atoms with Crippen LogP contribution in [0.2, 0.25) is 0 Å². The van der Waals surface area contributed by atoms with E-state index in [9.17, 15) is 0 Å². The summed E-state index contributed by atoms with van der Waals surface area (Å²) in [6, 6.07) is 2.78. The fraction of sp³-hybridized carbons (Fsp3) is 0.571. The second kappa shape index (κ2) is 4.36. The molecule has 0 fully saturated rings. The summed E-state index contributed by atoms with van der Waals surface area (Å²) in [5, 5.41) is 0. The van der Waals surface area contributed by atoms with Crippen molar-refractivity contribution in [3.8, 4) is 0 Å². The molecule has 1 unspecified atom stereocenters. The van der Waals surface area contributed by atoms with Gasteiger partial charge in [0.05, 0.1) is 0 Å². The standard InChI is InChI=1S/C14H23N/c1-9-8-10(2)12(4)14(11(9)3)13(5)15(6)7/h8,13H,1-7H3. The molecule has 15 heavy (non-hydrogen) atoms. The van der Waals surface area contributed by atoms with Crippen LogP contribution in [0.1, 0.15) is 40.8 Å². The van der Waals surface area contributed by atoms with Gasteiger partial charge in [0.1, 0.15) is 0 Å². The van der Waals surface area contributed by atoms with Gasteiger partial charge in [0.25, 0.3) is 0 Å². The smallest absolute Gasteiger partial charge is 0.0319 e. The zero-order valence-corrected chi connectivity index (χ0v) is 11.1. The fourth-order valence-electron chi connectivity index (χ4n) is 2.13. The molecule has 0 saturated carbocycles. The van der Waals surface area contributed by atoms with Crippen molar-refractivity contribution in [3.05, 3.63) is 33.9 Å². The molecule has 1 atom stereocenters. The molecule has 1 nitrogen and oxygen atoms in total. The predicted octanol–water partition coefficient (Wildman–Crippen LogP) is 3.54. The highest BCUT2D eigenvalue weighted by Gasteiger charge is 2.15. The SMILES string of the molecule is Cc1cc(C)c(C)c(C(C)N(C)C)c1C. The normalized spacial score (nSPS) is 13.3. The van der Waals surface area contributed by atoms with E-state index in [4.69, 9.17) is 0 Å². The molecule has 0 aliphatic rings. The molecule has 0 bridgehead atoms. The minimum Gasteiger partial charge on any atom is -0.303 e. The average molecular weight is 205 g/mol. The van der Waals surface area contributed by atoms with Gasteiger partial charge in [0, 0.05) is 6.04 Å². The Morgan fingerprint density at radius 3 is 1.67 bits per heavy atom. The monoisotopic (exact) mass is 205 g/mol. The van der Waals surface area contributed by atoms with Crippen LogP contribution < -0.4 is 0 Å². The number of benzene rings is 1. The van der Waals surface area contributed by atoms with E-state index in [0.717, 1.165) is 0 Å². The lowest BCUT2D eigenvalue weighted by atomic mass is 9.90. The van der Waals surface area contributed by atoms with Crippen molar-refractivity contribution in [2.45, 2.75) is 40.7 Å². The second-order valence-electron chi connectivity index (χ2n) is 4.81. The number of rotatable bonds is 2. The summed E-state index contributed by atoms with van der Waals surface area (Å²) >= 11 is 0. The van der Waals surface area contributed by atoms with Gasteiger partial charge in [-0.05, 0) is 76.5 Å². The van der Waals surface area contributed by atoms with Crippen LogP contribution in [0.15, 0.2) is 6.07 Å². The third-order valence-corrected chi connectivity index (χ3v) is 3.62. The van der Waals surface area contributed by atoms with E-state index in [0.29, 0.717) is 6.04 Å². The summed E-state index contributed by atoms with van der Waals surface area (Å²) in [7, 11) is 4.28. The van der Waals surface area contributed by atoms with Crippen molar-refractivity contribution in [2.24, 2.45) is 0 Å². The molecule has 0 heterocycles. The lowest BCUT2D eigenvalue weighted by molar-refractivity contribution is 0.319. The lowest BCUT2D eigenvalue weighted by Gasteiger charge is -2.26. The van der Waals surface area contributed by atoms with Crippen molar-refractivity contribution in [1.29, 1.82) is 0 Å². The summed E-state index contributed by atoms with van der Waals surface area (Å²) in [4.78, 5) is 2.27. The van der Waals surface area contributed by atoms with E-state index in [1.54, 1.807) is 0 Å². The van der Waals surface area contributed by atoms with E-state index >= 15 is 0 Å². The number of hydrogen-bond donors (Lipinski definition) is 0. The quantitative estimate of drug-likeness (QED) is 0.714. The maximum atomic E-state index is 2.29. The zero-order valence-electron chi connectivity index (χ0n) is 11.1. The van der Waals surface area contributed by atoms with E-state index in [-0.39, 0.29) is 0 Å². The Labute approximate surface area is 94.1 Å². The minimum absolute atomic E-state index is 0.489. The van der Waals surface area contributed by atoms with Gasteiger partial charge in [0.15, 0.2) is 0 Å². The molecular weight excluding hydrogens is 182 g/mol. The first-order valence-corrected chi connectivity index (χ1v) is 5.60. The molecule has 0 amide bonds. The number of hydrogen-bond acceptors (Lipinski definition) is 1. The Balaban J connectivity index is 3.39. The van der Waals surface area contributed by atoms with Crippen LogP contribution in [0.5, 0.6) is 0 Å². The first-order chi connectivity index (χ1) is 6.86. The van der Waals surface area contributed by atoms with Gasteiger partial charge in [-0.1, -0.05) is 6.07 Å². The van der Waals surface area contributed by atoms with Crippen LogP contribution >= 0.6 is 0 Å². The number of nitrogens with zero attached hydrogens (tertiary/aromatic N) is 1. The molecule has 1 heteroatoms. The first-order valence-electron chi connectivity index (χ1n) is 5.60. The Morgan fingerprint density at radius 1 is 0.933 bits per heavy atom. The Bertz CT molecular complexity index is 338. The highest BCUT2D eigenvalue weighted by atomic mass is 15.1. The minimum atomic E-state index is 0.489. The first kappa shape index (κ1) is 12.3. The highest BCUT2D eigenvalue weighted by Crippen LogP contribution is 2.29. The molecule has 1 aromatic carbocycles. The molecule has 0 radical (unpaired) electrons. The van der Waals surface area contributed by atoms with Crippen LogP contribution in [0.4, 0.5) is 0 Å². The van der Waals surface area contributed by atoms with Gasteiger partial charge in [-0.3, -0.25) is 0 Å². The molecule has 1 aromatic rings. The molecule has 0 aliphatic heterocycles. The van der Waals surface area contributed by atoms with Gasteiger partial charge in [0.2, 0.25) is 0 Å². The molecular formula is C14H23N. The van der Waals surface area contributed by atoms with Crippen molar-refractivity contribution >= 4 is 0 Å². The summed E-state index contributed by atoms with van der Waals surface area (Å²) in [6.45, 7) is 11.1. The predicted molar refractivity (Wildman–Crippen MR) is 67.5 cm³/mol. The lowest BCUT2D eigenvalue weighted by Crippen LogP contribution is -2.19. The summed E-state index contributed by atoms with van der Waals surface area (Å²) in [6.07, 6.45) is 0. The van der Waals surface area contributed by atoms with E-state index < -0.39 is 0 Å². The summed E-state index contributed by atoms with van der Waals surface area (Å²) in [5.74, 6) is 0. The van der Waals surface area contributed by atoms with Crippen LogP contribution in [0, 0.1) is 27.7 Å². The zero-order chi connectivity index (χ0) is 11.7. The molecule has 0 spiro atoms. The summed E-state index contributed by atoms with van der Waals surface area (Å²) in [5.41, 5.74) is 7.19. The third kappa shape index (κ3) is 2.23. The van der Waals surface area contributed by atoms with E-state index in [1.165, 1.54) is 27.8 Å². The van der Waals surface area contributed by atoms with Crippen LogP contribution in [0.3, 0.4) is 0 Å². The number of aryl methyl sites for hydroxylation is 2. The maximum absolute atomic E-state index is 2.29. The van der Waals surface area contributed by atoms with Gasteiger partial charge in [-0.15, -0.1) is 0 Å². The van der Waals surface area contributed by atoms with Crippen molar-refractivity contribution in [3.63, 3.8) is 0 Å². The van der Waals surface area contributed by atoms with Gasteiger partial charge in [-0.2, -0.15) is 0 Å². The van der Waals surface area contributed by atoms with Crippen LogP contribution in [0.25, 0.3) is 0 Å². The molecule has 84 valence electrons. The summed E-state index contributed by atoms with van der Waals surface area (Å²) < 4.78 is 0. The maximum Gasteiger partial charge on any atom is 0.0319 e. The van der Waals surface area contributed by atoms with Crippen molar-refractivity contribution in [1.82, 2.24) is 4.90 Å². The fourth-order valence-corrected chi connectivity index (χ4v) is 2.13. The second-order valence-corrected chi connectivity index (χ2v) is 4.81. The Kier molecular flexibility index (Phi) is 3.56. The largest absolute Gasteiger partial charge is 0.303 e. The van der Waals surface area contributed by atoms with E-state index in [2.05, 4.69) is 59.7 Å². The van der Waals surface area contributed by atoms with Gasteiger partial charge in [-0.25, -0.2) is 0 Å². The topological polar surface area (TPSA) is 3.24 Å². The highest BCUT2D eigenvalue weighted by molar-refractivity contribution is 5.45. The van der Waals surface area contributed by atoms with Crippen molar-refractivity contribution in [2.75, 3.05) is 14.1 Å². The molecule has 0 N–H and O–H groups in total. The average Bonchev–Trinajstić information content (AvgIpc) is 2.15. The molecule has 1 rings (SSSR count). The van der Waals surface area contributed by atoms with Crippen LogP contribution in [-0.2, 0) is 0 Å². The van der Waals surface area contributed by atoms with Gasteiger partial charge < -0.3 is 4.90 Å². The van der Waals surface area contributed by atoms with Crippen LogP contribution in [-0.4, -0.2) is 19.0 Å². The molecule has 0 saturated heterocycles. The Hall–Kier alpha value is -0.820. The van der Waals surface area contributed by atoms with Crippen molar-refractivity contribution < 1.29 is 0 Å². The molecule has 0 aromatic heterocycles.